The topological polar surface area (TPSA) is 0 Å². The van der Waals surface area contributed by atoms with Crippen molar-refractivity contribution in [3.63, 3.8) is 0 Å². The first kappa shape index (κ1) is 30.1. The molecule has 256 valence electrons. The van der Waals surface area contributed by atoms with Crippen LogP contribution in [0.15, 0.2) is 194 Å². The zero-order valence-electron chi connectivity index (χ0n) is 30.5. The fraction of sp³-hybridized carbons (Fsp3) is 0. The summed E-state index contributed by atoms with van der Waals surface area (Å²) in [6.07, 6.45) is 0. The molecule has 0 heteroatoms. The predicted octanol–water partition coefficient (Wildman–Crippen LogP) is 15.9. The van der Waals surface area contributed by atoms with Gasteiger partial charge in [0.15, 0.2) is 0 Å². The highest BCUT2D eigenvalue weighted by molar-refractivity contribution is 6.31. The molecule has 0 aliphatic heterocycles. The molecule has 0 amide bonds. The van der Waals surface area contributed by atoms with Gasteiger partial charge < -0.3 is 0 Å². The zero-order chi connectivity index (χ0) is 36.5. The lowest BCUT2D eigenvalue weighted by Crippen LogP contribution is -1.94. The van der Waals surface area contributed by atoms with Gasteiger partial charge in [0, 0.05) is 0 Å². The van der Waals surface area contributed by atoms with E-state index in [4.69, 9.17) is 0 Å². The first-order valence-corrected chi connectivity index (χ1v) is 19.6. The summed E-state index contributed by atoms with van der Waals surface area (Å²) in [5.41, 5.74) is 10.4. The Labute approximate surface area is 323 Å². The van der Waals surface area contributed by atoms with E-state index in [2.05, 4.69) is 194 Å². The summed E-state index contributed by atoms with van der Waals surface area (Å²) in [5.74, 6) is 0. The van der Waals surface area contributed by atoms with Gasteiger partial charge in [-0.3, -0.25) is 0 Å². The molecule has 13 rings (SSSR count). The van der Waals surface area contributed by atoms with E-state index in [-0.39, 0.29) is 0 Å². The summed E-state index contributed by atoms with van der Waals surface area (Å²) in [4.78, 5) is 0. The first-order chi connectivity index (χ1) is 27.8. The second-order valence-corrected chi connectivity index (χ2v) is 15.5. The highest BCUT2D eigenvalue weighted by Gasteiger charge is 2.27. The molecule has 1 aliphatic rings. The molecule has 0 bridgehead atoms. The van der Waals surface area contributed by atoms with Crippen molar-refractivity contribution in [2.45, 2.75) is 0 Å². The summed E-state index contributed by atoms with van der Waals surface area (Å²) in [6, 6.07) is 73.0. The van der Waals surface area contributed by atoms with Crippen molar-refractivity contribution in [1.82, 2.24) is 0 Å². The van der Waals surface area contributed by atoms with Gasteiger partial charge in [-0.1, -0.05) is 176 Å². The maximum atomic E-state index is 2.54. The van der Waals surface area contributed by atoms with Crippen molar-refractivity contribution >= 4 is 86.2 Å². The van der Waals surface area contributed by atoms with E-state index in [9.17, 15) is 0 Å². The van der Waals surface area contributed by atoms with Crippen molar-refractivity contribution in [2.24, 2.45) is 0 Å². The van der Waals surface area contributed by atoms with Crippen LogP contribution in [0.5, 0.6) is 0 Å². The lowest BCUT2D eigenvalue weighted by molar-refractivity contribution is 1.69. The number of hydrogen-bond acceptors (Lipinski definition) is 0. The molecule has 56 heavy (non-hydrogen) atoms. The lowest BCUT2D eigenvalue weighted by atomic mass is 9.81. The van der Waals surface area contributed by atoms with Crippen molar-refractivity contribution in [1.29, 1.82) is 0 Å². The third-order valence-electron chi connectivity index (χ3n) is 12.7. The molecule has 12 aromatic rings. The average molecular weight is 705 g/mol. The Morgan fingerprint density at radius 3 is 1.14 bits per heavy atom. The molecule has 0 unspecified atom stereocenters. The largest absolute Gasteiger partial charge is 0.0616 e. The summed E-state index contributed by atoms with van der Waals surface area (Å²) in [7, 11) is 0. The van der Waals surface area contributed by atoms with Gasteiger partial charge in [0.2, 0.25) is 0 Å². The van der Waals surface area contributed by atoms with Gasteiger partial charge in [-0.2, -0.15) is 0 Å². The Kier molecular flexibility index (Phi) is 5.98. The van der Waals surface area contributed by atoms with Crippen LogP contribution in [0.2, 0.25) is 0 Å². The summed E-state index contributed by atoms with van der Waals surface area (Å²) in [5, 5.41) is 20.6. The van der Waals surface area contributed by atoms with Gasteiger partial charge in [0.25, 0.3) is 0 Å². The van der Waals surface area contributed by atoms with Crippen LogP contribution in [-0.4, -0.2) is 0 Å². The number of benzene rings is 12. The monoisotopic (exact) mass is 704 g/mol. The predicted molar refractivity (Wildman–Crippen MR) is 242 cm³/mol. The number of rotatable bonds is 2. The minimum absolute atomic E-state index is 1.27. The second kappa shape index (κ2) is 11.1. The van der Waals surface area contributed by atoms with Gasteiger partial charge in [0.05, 0.1) is 0 Å². The highest BCUT2D eigenvalue weighted by atomic mass is 14.3. The molecule has 0 radical (unpaired) electrons. The number of fused-ring (bicyclic) bond motifs is 13. The van der Waals surface area contributed by atoms with Gasteiger partial charge in [-0.05, 0) is 149 Å². The molecule has 0 nitrogen and oxygen atoms in total. The van der Waals surface area contributed by atoms with Crippen molar-refractivity contribution in [3.8, 4) is 44.5 Å². The molecule has 0 fully saturated rings. The molecule has 0 heterocycles. The molecular formula is C56H32. The quantitative estimate of drug-likeness (QED) is 0.124. The molecule has 0 atom stereocenters. The van der Waals surface area contributed by atoms with Crippen LogP contribution < -0.4 is 0 Å². The fourth-order valence-corrected chi connectivity index (χ4v) is 10.4. The smallest absolute Gasteiger partial charge is 0.00199 e. The average Bonchev–Trinajstić information content (AvgIpc) is 3.57. The van der Waals surface area contributed by atoms with Gasteiger partial charge >= 0.3 is 0 Å². The van der Waals surface area contributed by atoms with Crippen molar-refractivity contribution in [2.75, 3.05) is 0 Å². The minimum Gasteiger partial charge on any atom is -0.0616 e. The van der Waals surface area contributed by atoms with Gasteiger partial charge in [-0.15, -0.1) is 0 Å². The molecule has 1 aliphatic carbocycles. The SMILES string of the molecule is c1ccc2c(c1)ccc1c(-c3c4ccccc4c(-c4cccc5c4ccc4ccccc45)c4cc5c(cc34)-c3cccc4c3c-5cc3ccccc34)cccc12. The second-order valence-electron chi connectivity index (χ2n) is 15.5. The van der Waals surface area contributed by atoms with E-state index in [1.165, 1.54) is 131 Å². The highest BCUT2D eigenvalue weighted by Crippen LogP contribution is 2.54. The molecule has 0 aromatic heterocycles. The summed E-state index contributed by atoms with van der Waals surface area (Å²) in [6.45, 7) is 0. The van der Waals surface area contributed by atoms with E-state index in [0.717, 1.165) is 0 Å². The Morgan fingerprint density at radius 2 is 0.589 bits per heavy atom. The number of hydrogen-bond donors (Lipinski definition) is 0. The molecule has 0 saturated carbocycles. The normalized spacial score (nSPS) is 12.3. The molecular weight excluding hydrogens is 673 g/mol. The Bertz CT molecular complexity index is 3700. The maximum absolute atomic E-state index is 2.54. The molecule has 12 aromatic carbocycles. The van der Waals surface area contributed by atoms with Crippen molar-refractivity contribution in [3.05, 3.63) is 194 Å². The fourth-order valence-electron chi connectivity index (χ4n) is 10.4. The minimum atomic E-state index is 1.27. The van der Waals surface area contributed by atoms with Crippen molar-refractivity contribution < 1.29 is 0 Å². The third kappa shape index (κ3) is 3.98. The van der Waals surface area contributed by atoms with Crippen LogP contribution in [0.25, 0.3) is 131 Å². The van der Waals surface area contributed by atoms with E-state index < -0.39 is 0 Å². The molecule has 0 saturated heterocycles. The maximum Gasteiger partial charge on any atom is -0.00199 e. The Hall–Kier alpha value is -7.28. The summed E-state index contributed by atoms with van der Waals surface area (Å²) >= 11 is 0. The molecule has 0 spiro atoms. The van der Waals surface area contributed by atoms with Crippen LogP contribution in [0.1, 0.15) is 0 Å². The van der Waals surface area contributed by atoms with Crippen LogP contribution in [0.3, 0.4) is 0 Å². The molecule has 0 N–H and O–H groups in total. The standard InChI is InChI=1S/C56H32/c1-4-15-36-33(12-1)26-28-41-39(36)20-9-23-44(41)55-46-18-7-8-19-47(46)56(45-24-10-21-40-37-16-5-2-13-34(37)27-29-42(40)45)53-32-50-49(31-52(53)55)48-25-11-22-43-38-17-6-3-14-35(38)30-51(50)54(43)48/h1-32H. The van der Waals surface area contributed by atoms with E-state index in [0.29, 0.717) is 0 Å². The first-order valence-electron chi connectivity index (χ1n) is 19.6. The third-order valence-corrected chi connectivity index (χ3v) is 12.7. The van der Waals surface area contributed by atoms with Crippen LogP contribution in [0, 0.1) is 0 Å². The Balaban J connectivity index is 1.23. The Morgan fingerprint density at radius 1 is 0.179 bits per heavy atom. The van der Waals surface area contributed by atoms with Crippen LogP contribution >= 0.6 is 0 Å². The van der Waals surface area contributed by atoms with Crippen LogP contribution in [-0.2, 0) is 0 Å². The van der Waals surface area contributed by atoms with Crippen LogP contribution in [0.4, 0.5) is 0 Å². The van der Waals surface area contributed by atoms with E-state index in [1.807, 2.05) is 0 Å². The zero-order valence-corrected chi connectivity index (χ0v) is 30.5. The van der Waals surface area contributed by atoms with E-state index >= 15 is 0 Å². The van der Waals surface area contributed by atoms with E-state index in [1.54, 1.807) is 0 Å². The summed E-state index contributed by atoms with van der Waals surface area (Å²) < 4.78 is 0. The lowest BCUT2D eigenvalue weighted by Gasteiger charge is -2.21. The van der Waals surface area contributed by atoms with Gasteiger partial charge in [-0.25, -0.2) is 0 Å². The van der Waals surface area contributed by atoms with Gasteiger partial charge in [0.1, 0.15) is 0 Å².